The van der Waals surface area contributed by atoms with Gasteiger partial charge in [0.05, 0.1) is 17.2 Å². The molecule has 188 valence electrons. The second kappa shape index (κ2) is 9.55. The number of alkyl halides is 3. The molecule has 2 N–H and O–H groups in total. The van der Waals surface area contributed by atoms with Crippen LogP contribution in [0.2, 0.25) is 5.02 Å². The minimum absolute atomic E-state index is 0.0132. The summed E-state index contributed by atoms with van der Waals surface area (Å²) >= 11 is 9.62. The quantitative estimate of drug-likeness (QED) is 0.281. The van der Waals surface area contributed by atoms with Gasteiger partial charge in [0.15, 0.2) is 0 Å². The van der Waals surface area contributed by atoms with Crippen LogP contribution < -0.4 is 10.2 Å². The molecule has 0 spiro atoms. The number of pyridine rings is 1. The lowest BCUT2D eigenvalue weighted by Crippen LogP contribution is -2.43. The van der Waals surface area contributed by atoms with Gasteiger partial charge in [-0.05, 0) is 62.1 Å². The molecule has 1 aliphatic carbocycles. The monoisotopic (exact) mass is 579 g/mol. The molecule has 2 aromatic heterocycles. The van der Waals surface area contributed by atoms with Crippen molar-refractivity contribution in [3.05, 3.63) is 63.3 Å². The van der Waals surface area contributed by atoms with Gasteiger partial charge in [0.25, 0.3) is 5.91 Å². The van der Waals surface area contributed by atoms with E-state index in [1.165, 1.54) is 12.1 Å². The summed E-state index contributed by atoms with van der Waals surface area (Å²) in [6.07, 6.45) is -0.00277. The largest absolute Gasteiger partial charge is 0.433 e. The van der Waals surface area contributed by atoms with Crippen LogP contribution in [0.4, 0.5) is 18.9 Å². The Morgan fingerprint density at radius 3 is 2.61 bits per heavy atom. The zero-order chi connectivity index (χ0) is 25.6. The maximum Gasteiger partial charge on any atom is 0.433 e. The number of benzene rings is 2. The Morgan fingerprint density at radius 2 is 1.89 bits per heavy atom. The molecule has 1 aliphatic rings. The van der Waals surface area contributed by atoms with Crippen LogP contribution in [-0.2, 0) is 6.18 Å². The molecule has 11 heteroatoms. The van der Waals surface area contributed by atoms with E-state index in [9.17, 15) is 18.0 Å². The molecule has 2 heterocycles. The van der Waals surface area contributed by atoms with Crippen molar-refractivity contribution in [2.75, 3.05) is 11.9 Å². The summed E-state index contributed by atoms with van der Waals surface area (Å²) in [5.74, 6) is -0.173. The molecule has 6 nitrogen and oxygen atoms in total. The fourth-order valence-corrected chi connectivity index (χ4v) is 5.56. The number of aromatic nitrogens is 3. The number of carbonyl (C=O) groups is 1. The predicted octanol–water partition coefficient (Wildman–Crippen LogP) is 6.72. The molecule has 1 fully saturated rings. The highest BCUT2D eigenvalue weighted by atomic mass is 79.9. The number of halogens is 5. The first-order chi connectivity index (χ1) is 17.1. The number of nitrogens with zero attached hydrogens (tertiary/aromatic N) is 3. The van der Waals surface area contributed by atoms with Gasteiger partial charge >= 0.3 is 6.18 Å². The summed E-state index contributed by atoms with van der Waals surface area (Å²) in [5, 5.41) is 11.9. The molecule has 0 atom stereocenters. The van der Waals surface area contributed by atoms with Crippen LogP contribution >= 0.6 is 27.5 Å². The molecule has 4 aromatic rings. The third-order valence-electron chi connectivity index (χ3n) is 6.77. The molecule has 36 heavy (non-hydrogen) atoms. The lowest BCUT2D eigenvalue weighted by Gasteiger charge is -2.37. The number of rotatable bonds is 4. The van der Waals surface area contributed by atoms with E-state index >= 15 is 0 Å². The first kappa shape index (κ1) is 24.8. The number of fused-ring (bicyclic) bond motifs is 2. The van der Waals surface area contributed by atoms with Crippen molar-refractivity contribution in [2.24, 2.45) is 0 Å². The fraction of sp³-hybridized carbons (Fsp3) is 0.320. The average Bonchev–Trinajstić information content (AvgIpc) is 3.32. The van der Waals surface area contributed by atoms with Crippen molar-refractivity contribution in [3.63, 3.8) is 0 Å². The number of aromatic amines is 1. The zero-order valence-corrected chi connectivity index (χ0v) is 21.5. The first-order valence-electron chi connectivity index (χ1n) is 11.4. The predicted molar refractivity (Wildman–Crippen MR) is 137 cm³/mol. The van der Waals surface area contributed by atoms with Crippen molar-refractivity contribution in [3.8, 4) is 0 Å². The molecule has 0 saturated heterocycles. The average molecular weight is 581 g/mol. The summed E-state index contributed by atoms with van der Waals surface area (Å²) in [6.45, 7) is 0. The van der Waals surface area contributed by atoms with Gasteiger partial charge in [0.1, 0.15) is 5.69 Å². The number of nitrogens with one attached hydrogen (secondary N) is 2. The Balaban J connectivity index is 1.30. The molecule has 2 aromatic carbocycles. The minimum atomic E-state index is -4.56. The van der Waals surface area contributed by atoms with Gasteiger partial charge in [-0.15, -0.1) is 0 Å². The number of hydrogen-bond acceptors (Lipinski definition) is 4. The summed E-state index contributed by atoms with van der Waals surface area (Å²) in [7, 11) is 1.80. The van der Waals surface area contributed by atoms with Crippen LogP contribution in [0.25, 0.3) is 21.8 Å². The molecule has 0 radical (unpaired) electrons. The second-order valence-corrected chi connectivity index (χ2v) is 10.4. The summed E-state index contributed by atoms with van der Waals surface area (Å²) in [6, 6.07) is 9.32. The van der Waals surface area contributed by atoms with Crippen LogP contribution in [0.15, 0.2) is 47.1 Å². The van der Waals surface area contributed by atoms with E-state index in [2.05, 4.69) is 36.4 Å². The number of anilines is 1. The molecule has 5 rings (SSSR count). The van der Waals surface area contributed by atoms with E-state index in [1.54, 1.807) is 31.4 Å². The lowest BCUT2D eigenvalue weighted by molar-refractivity contribution is -0.140. The highest BCUT2D eigenvalue weighted by Gasteiger charge is 2.35. The van der Waals surface area contributed by atoms with Crippen molar-refractivity contribution < 1.29 is 18.0 Å². The Kier molecular flexibility index (Phi) is 6.59. The van der Waals surface area contributed by atoms with Gasteiger partial charge in [-0.25, -0.2) is 4.98 Å². The number of amides is 1. The van der Waals surface area contributed by atoms with Crippen molar-refractivity contribution in [1.82, 2.24) is 20.5 Å². The minimum Gasteiger partial charge on any atom is -0.371 e. The maximum atomic E-state index is 13.5. The third-order valence-corrected chi connectivity index (χ3v) is 7.66. The van der Waals surface area contributed by atoms with Crippen molar-refractivity contribution in [1.29, 1.82) is 0 Å². The van der Waals surface area contributed by atoms with Crippen LogP contribution in [-0.4, -0.2) is 40.2 Å². The lowest BCUT2D eigenvalue weighted by atomic mass is 9.89. The molecule has 0 unspecified atom stereocenters. The SMILES string of the molecule is CN(c1cc(C(F)(F)F)nc2ccc(Cl)cc12)[C@H]1CC[C@@H](NC(=O)c2cc(Br)c3cn[nH]c3c2)CC1. The van der Waals surface area contributed by atoms with Gasteiger partial charge in [0, 0.05) is 50.6 Å². The van der Waals surface area contributed by atoms with Crippen LogP contribution in [0.5, 0.6) is 0 Å². The molecule has 1 amide bonds. The van der Waals surface area contributed by atoms with Gasteiger partial charge in [0.2, 0.25) is 0 Å². The van der Waals surface area contributed by atoms with Gasteiger partial charge in [-0.2, -0.15) is 18.3 Å². The normalized spacial score (nSPS) is 18.5. The third kappa shape index (κ3) is 4.88. The molecule has 0 aliphatic heterocycles. The van der Waals surface area contributed by atoms with E-state index < -0.39 is 11.9 Å². The van der Waals surface area contributed by atoms with Crippen molar-refractivity contribution >= 4 is 60.9 Å². The summed E-state index contributed by atoms with van der Waals surface area (Å²) < 4.78 is 41.4. The Labute approximate surface area is 218 Å². The Hall–Kier alpha value is -2.85. The number of H-pyrrole nitrogens is 1. The Morgan fingerprint density at radius 1 is 1.14 bits per heavy atom. The maximum absolute atomic E-state index is 13.5. The van der Waals surface area contributed by atoms with E-state index in [0.29, 0.717) is 34.5 Å². The fourth-order valence-electron chi connectivity index (χ4n) is 4.83. The van der Waals surface area contributed by atoms with Crippen LogP contribution in [0.3, 0.4) is 0 Å². The van der Waals surface area contributed by atoms with E-state index in [4.69, 9.17) is 11.6 Å². The molecule has 1 saturated carbocycles. The highest BCUT2D eigenvalue weighted by molar-refractivity contribution is 9.10. The molecular weight excluding hydrogens is 559 g/mol. The standard InChI is InChI=1S/C25H22BrClF3N5O/c1-35(22-11-23(25(28,29)30)33-20-7-2-14(27)10-17(20)22)16-5-3-15(4-6-16)32-24(36)13-8-19(26)18-12-31-34-21(18)9-13/h2,7-12,15-16H,3-6H2,1H3,(H,31,34)(H,32,36)/t15-,16+. The second-order valence-electron chi connectivity index (χ2n) is 9.06. The highest BCUT2D eigenvalue weighted by Crippen LogP contribution is 2.37. The Bertz CT molecular complexity index is 1450. The number of hydrogen-bond donors (Lipinski definition) is 2. The van der Waals surface area contributed by atoms with Gasteiger partial charge < -0.3 is 10.2 Å². The van der Waals surface area contributed by atoms with Crippen LogP contribution in [0.1, 0.15) is 41.7 Å². The van der Waals surface area contributed by atoms with E-state index in [1.807, 2.05) is 4.90 Å². The molecule has 0 bridgehead atoms. The molecular formula is C25H22BrClF3N5O. The van der Waals surface area contributed by atoms with E-state index in [0.717, 1.165) is 34.3 Å². The smallest absolute Gasteiger partial charge is 0.371 e. The first-order valence-corrected chi connectivity index (χ1v) is 12.6. The number of carbonyl (C=O) groups excluding carboxylic acids is 1. The van der Waals surface area contributed by atoms with Gasteiger partial charge in [-0.3, -0.25) is 9.89 Å². The topological polar surface area (TPSA) is 73.9 Å². The van der Waals surface area contributed by atoms with Gasteiger partial charge in [-0.1, -0.05) is 27.5 Å². The summed E-state index contributed by atoms with van der Waals surface area (Å²) in [5.41, 5.74) is 1.05. The van der Waals surface area contributed by atoms with Crippen LogP contribution in [0, 0.1) is 0 Å². The zero-order valence-electron chi connectivity index (χ0n) is 19.2. The van der Waals surface area contributed by atoms with Crippen molar-refractivity contribution in [2.45, 2.75) is 43.9 Å². The summed E-state index contributed by atoms with van der Waals surface area (Å²) in [4.78, 5) is 18.6. The van der Waals surface area contributed by atoms with E-state index in [-0.39, 0.29) is 23.5 Å².